The SMILES string of the molecule is CN(C)c1ccccc1C(O)C(O)CNC(=O)OCc1ccccc1. The Bertz CT molecular complexity index is 676. The van der Waals surface area contributed by atoms with E-state index in [4.69, 9.17) is 4.74 Å². The third kappa shape index (κ3) is 5.48. The van der Waals surface area contributed by atoms with Crippen molar-refractivity contribution in [3.05, 3.63) is 65.7 Å². The molecule has 6 nitrogen and oxygen atoms in total. The van der Waals surface area contributed by atoms with Gasteiger partial charge in [0, 0.05) is 31.9 Å². The number of alkyl carbamates (subject to hydrolysis) is 1. The number of carbonyl (C=O) groups is 1. The normalized spacial score (nSPS) is 13.0. The summed E-state index contributed by atoms with van der Waals surface area (Å²) in [6.45, 7) is 0.0331. The molecular formula is C19H24N2O4. The molecule has 0 aliphatic heterocycles. The minimum absolute atomic E-state index is 0.115. The lowest BCUT2D eigenvalue weighted by atomic mass is 10.0. The Balaban J connectivity index is 1.85. The summed E-state index contributed by atoms with van der Waals surface area (Å²) in [6.07, 6.45) is -2.91. The maximum atomic E-state index is 11.7. The van der Waals surface area contributed by atoms with Gasteiger partial charge in [-0.25, -0.2) is 4.79 Å². The third-order valence-corrected chi connectivity index (χ3v) is 3.77. The Hall–Kier alpha value is -2.57. The highest BCUT2D eigenvalue weighted by Gasteiger charge is 2.22. The lowest BCUT2D eigenvalue weighted by molar-refractivity contribution is 0.0187. The minimum Gasteiger partial charge on any atom is -0.445 e. The molecular weight excluding hydrogens is 320 g/mol. The van der Waals surface area contributed by atoms with Crippen LogP contribution in [0.4, 0.5) is 10.5 Å². The Kier molecular flexibility index (Phi) is 6.80. The van der Waals surface area contributed by atoms with E-state index < -0.39 is 18.3 Å². The molecule has 2 aromatic carbocycles. The summed E-state index contributed by atoms with van der Waals surface area (Å²) in [4.78, 5) is 13.6. The highest BCUT2D eigenvalue weighted by atomic mass is 16.5. The fourth-order valence-electron chi connectivity index (χ4n) is 2.43. The molecule has 2 atom stereocenters. The smallest absolute Gasteiger partial charge is 0.407 e. The average molecular weight is 344 g/mol. The quantitative estimate of drug-likeness (QED) is 0.716. The maximum Gasteiger partial charge on any atom is 0.407 e. The van der Waals surface area contributed by atoms with Gasteiger partial charge in [-0.05, 0) is 11.6 Å². The van der Waals surface area contributed by atoms with E-state index in [0.717, 1.165) is 11.3 Å². The van der Waals surface area contributed by atoms with Crippen molar-refractivity contribution < 1.29 is 19.7 Å². The number of nitrogens with one attached hydrogen (secondary N) is 1. The van der Waals surface area contributed by atoms with Gasteiger partial charge in [-0.15, -0.1) is 0 Å². The summed E-state index contributed by atoms with van der Waals surface area (Å²) in [6, 6.07) is 16.6. The van der Waals surface area contributed by atoms with E-state index in [2.05, 4.69) is 5.32 Å². The van der Waals surface area contributed by atoms with Crippen LogP contribution in [0.25, 0.3) is 0 Å². The first-order valence-electron chi connectivity index (χ1n) is 8.06. The predicted octanol–water partition coefficient (Wildman–Crippen LogP) is 2.07. The lowest BCUT2D eigenvalue weighted by Gasteiger charge is -2.24. The number of aliphatic hydroxyl groups excluding tert-OH is 2. The van der Waals surface area contributed by atoms with E-state index in [1.807, 2.05) is 61.5 Å². The van der Waals surface area contributed by atoms with Gasteiger partial charge >= 0.3 is 6.09 Å². The van der Waals surface area contributed by atoms with Crippen LogP contribution in [0, 0.1) is 0 Å². The first-order valence-corrected chi connectivity index (χ1v) is 8.06. The highest BCUT2D eigenvalue weighted by molar-refractivity contribution is 5.67. The van der Waals surface area contributed by atoms with Gasteiger partial charge in [0.15, 0.2) is 0 Å². The van der Waals surface area contributed by atoms with Crippen LogP contribution in [0.1, 0.15) is 17.2 Å². The van der Waals surface area contributed by atoms with Gasteiger partial charge in [0.2, 0.25) is 0 Å². The number of aliphatic hydroxyl groups is 2. The van der Waals surface area contributed by atoms with Crippen LogP contribution in [-0.4, -0.2) is 43.1 Å². The predicted molar refractivity (Wildman–Crippen MR) is 96.4 cm³/mol. The molecule has 0 heterocycles. The standard InChI is InChI=1S/C19H24N2O4/c1-21(2)16-11-7-6-10-15(16)18(23)17(22)12-20-19(24)25-13-14-8-4-3-5-9-14/h3-11,17-18,22-23H,12-13H2,1-2H3,(H,20,24). The number of ether oxygens (including phenoxy) is 1. The zero-order valence-electron chi connectivity index (χ0n) is 14.4. The number of hydrogen-bond acceptors (Lipinski definition) is 5. The third-order valence-electron chi connectivity index (χ3n) is 3.77. The molecule has 0 fully saturated rings. The van der Waals surface area contributed by atoms with Crippen molar-refractivity contribution in [2.75, 3.05) is 25.5 Å². The first kappa shape index (κ1) is 18.8. The summed E-state index contributed by atoms with van der Waals surface area (Å²) >= 11 is 0. The molecule has 134 valence electrons. The number of rotatable bonds is 7. The summed E-state index contributed by atoms with van der Waals surface area (Å²) < 4.78 is 5.07. The zero-order valence-corrected chi connectivity index (χ0v) is 14.4. The van der Waals surface area contributed by atoms with Gasteiger partial charge in [0.05, 0.1) is 0 Å². The van der Waals surface area contributed by atoms with Crippen molar-refractivity contribution in [1.82, 2.24) is 5.32 Å². The van der Waals surface area contributed by atoms with Crippen molar-refractivity contribution in [2.24, 2.45) is 0 Å². The van der Waals surface area contributed by atoms with Crippen LogP contribution in [0.2, 0.25) is 0 Å². The van der Waals surface area contributed by atoms with Gasteiger partial charge in [-0.1, -0.05) is 48.5 Å². The molecule has 6 heteroatoms. The Morgan fingerprint density at radius 2 is 1.72 bits per heavy atom. The second kappa shape index (κ2) is 9.05. The number of carbonyl (C=O) groups excluding carboxylic acids is 1. The largest absolute Gasteiger partial charge is 0.445 e. The second-order valence-electron chi connectivity index (χ2n) is 5.91. The molecule has 0 aliphatic carbocycles. The number of hydrogen-bond donors (Lipinski definition) is 3. The Morgan fingerprint density at radius 3 is 2.40 bits per heavy atom. The summed E-state index contributed by atoms with van der Waals surface area (Å²) in [5.41, 5.74) is 2.28. The number of benzene rings is 2. The molecule has 0 bridgehead atoms. The Labute approximate surface area is 147 Å². The molecule has 3 N–H and O–H groups in total. The van der Waals surface area contributed by atoms with E-state index in [9.17, 15) is 15.0 Å². The maximum absolute atomic E-state index is 11.7. The summed E-state index contributed by atoms with van der Waals surface area (Å²) in [5.74, 6) is 0. The lowest BCUT2D eigenvalue weighted by Crippen LogP contribution is -2.36. The van der Waals surface area contributed by atoms with Crippen LogP contribution in [0.5, 0.6) is 0 Å². The van der Waals surface area contributed by atoms with Crippen molar-refractivity contribution >= 4 is 11.8 Å². The van der Waals surface area contributed by atoms with Crippen molar-refractivity contribution in [3.8, 4) is 0 Å². The van der Waals surface area contributed by atoms with E-state index in [0.29, 0.717) is 5.56 Å². The molecule has 2 aromatic rings. The van der Waals surface area contributed by atoms with Gasteiger partial charge in [-0.2, -0.15) is 0 Å². The monoisotopic (exact) mass is 344 g/mol. The zero-order chi connectivity index (χ0) is 18.2. The average Bonchev–Trinajstić information content (AvgIpc) is 2.64. The number of anilines is 1. The number of amides is 1. The number of para-hydroxylation sites is 1. The van der Waals surface area contributed by atoms with Crippen LogP contribution in [0.3, 0.4) is 0 Å². The van der Waals surface area contributed by atoms with Gasteiger partial charge in [0.1, 0.15) is 18.8 Å². The molecule has 0 aromatic heterocycles. The van der Waals surface area contributed by atoms with E-state index in [-0.39, 0.29) is 13.2 Å². The van der Waals surface area contributed by atoms with Crippen LogP contribution >= 0.6 is 0 Å². The fraction of sp³-hybridized carbons (Fsp3) is 0.316. The van der Waals surface area contributed by atoms with Crippen molar-refractivity contribution in [2.45, 2.75) is 18.8 Å². The van der Waals surface area contributed by atoms with Gasteiger partial charge < -0.3 is 25.2 Å². The summed E-state index contributed by atoms with van der Waals surface area (Å²) in [5, 5.41) is 23.0. The van der Waals surface area contributed by atoms with Gasteiger partial charge in [-0.3, -0.25) is 0 Å². The summed E-state index contributed by atoms with van der Waals surface area (Å²) in [7, 11) is 3.72. The number of nitrogens with zero attached hydrogens (tertiary/aromatic N) is 1. The molecule has 0 radical (unpaired) electrons. The molecule has 0 saturated heterocycles. The fourth-order valence-corrected chi connectivity index (χ4v) is 2.43. The van der Waals surface area contributed by atoms with Crippen LogP contribution in [-0.2, 0) is 11.3 Å². The topological polar surface area (TPSA) is 82.0 Å². The minimum atomic E-state index is -1.15. The molecule has 2 unspecified atom stereocenters. The van der Waals surface area contributed by atoms with E-state index in [1.54, 1.807) is 12.1 Å². The molecule has 25 heavy (non-hydrogen) atoms. The molecule has 0 saturated carbocycles. The molecule has 2 rings (SSSR count). The van der Waals surface area contributed by atoms with Crippen molar-refractivity contribution in [1.29, 1.82) is 0 Å². The molecule has 0 aliphatic rings. The Morgan fingerprint density at radius 1 is 1.08 bits per heavy atom. The van der Waals surface area contributed by atoms with E-state index >= 15 is 0 Å². The van der Waals surface area contributed by atoms with Crippen LogP contribution in [0.15, 0.2) is 54.6 Å². The molecule has 0 spiro atoms. The molecule has 1 amide bonds. The van der Waals surface area contributed by atoms with Crippen molar-refractivity contribution in [3.63, 3.8) is 0 Å². The van der Waals surface area contributed by atoms with Gasteiger partial charge in [0.25, 0.3) is 0 Å². The first-order chi connectivity index (χ1) is 12.0. The highest BCUT2D eigenvalue weighted by Crippen LogP contribution is 2.26. The second-order valence-corrected chi connectivity index (χ2v) is 5.91. The van der Waals surface area contributed by atoms with Crippen LogP contribution < -0.4 is 10.2 Å². The van der Waals surface area contributed by atoms with E-state index in [1.165, 1.54) is 0 Å².